The van der Waals surface area contributed by atoms with E-state index in [1.54, 1.807) is 4.90 Å². The number of aliphatic hydroxyl groups excluding tert-OH is 1. The zero-order chi connectivity index (χ0) is 27.7. The van der Waals surface area contributed by atoms with Gasteiger partial charge in [-0.3, -0.25) is 0 Å². The summed E-state index contributed by atoms with van der Waals surface area (Å²) in [7, 11) is 0. The number of aliphatic hydroxyl groups is 1. The summed E-state index contributed by atoms with van der Waals surface area (Å²) in [5.41, 5.74) is -0.0870. The van der Waals surface area contributed by atoms with Crippen LogP contribution in [0.5, 0.6) is 11.5 Å². The second-order valence-corrected chi connectivity index (χ2v) is 8.88. The van der Waals surface area contributed by atoms with Gasteiger partial charge in [-0.2, -0.15) is 0 Å². The van der Waals surface area contributed by atoms with Crippen molar-refractivity contribution < 1.29 is 49.7 Å². The molecule has 204 valence electrons. The molecule has 0 fully saturated rings. The number of fused-ring (bicyclic) bond motifs is 1. The summed E-state index contributed by atoms with van der Waals surface area (Å²) >= 11 is 0. The minimum atomic E-state index is -4.99. The quantitative estimate of drug-likeness (QED) is 0.336. The van der Waals surface area contributed by atoms with E-state index in [-0.39, 0.29) is 25.1 Å². The summed E-state index contributed by atoms with van der Waals surface area (Å²) in [5, 5.41) is 9.99. The van der Waals surface area contributed by atoms with E-state index in [9.17, 15) is 40.2 Å². The van der Waals surface area contributed by atoms with E-state index >= 15 is 0 Å². The summed E-state index contributed by atoms with van der Waals surface area (Å²) < 4.78 is 113. The predicted octanol–water partition coefficient (Wildman–Crippen LogP) is 6.30. The molecule has 0 radical (unpaired) electrons. The summed E-state index contributed by atoms with van der Waals surface area (Å²) in [6, 6.07) is 13.7. The van der Waals surface area contributed by atoms with Gasteiger partial charge < -0.3 is 19.5 Å². The molecule has 1 N–H and O–H groups in total. The lowest BCUT2D eigenvalue weighted by Crippen LogP contribution is -2.40. The molecule has 0 saturated carbocycles. The van der Waals surface area contributed by atoms with Crippen LogP contribution in [0.25, 0.3) is 0 Å². The molecule has 0 bridgehead atoms. The maximum absolute atomic E-state index is 14.5. The SMILES string of the molecule is O[C@@H](CF)CN1CC(Cc2cccc(OC(F)(F)F)c2)(c2cccc(OC(F)(F)F)c2)c2cc(F)ccc21. The van der Waals surface area contributed by atoms with Crippen LogP contribution in [0.15, 0.2) is 66.7 Å². The number of ether oxygens (including phenoxy) is 2. The van der Waals surface area contributed by atoms with Crippen LogP contribution in [0.4, 0.5) is 40.8 Å². The van der Waals surface area contributed by atoms with Gasteiger partial charge in [-0.05, 0) is 65.6 Å². The fraction of sp³-hybridized carbons (Fsp3) is 0.308. The van der Waals surface area contributed by atoms with Gasteiger partial charge in [0.15, 0.2) is 0 Å². The van der Waals surface area contributed by atoms with E-state index in [1.165, 1.54) is 36.4 Å². The maximum Gasteiger partial charge on any atom is 0.573 e. The Morgan fingerprint density at radius 1 is 0.868 bits per heavy atom. The Hall–Kier alpha value is -3.54. The second-order valence-electron chi connectivity index (χ2n) is 8.88. The summed E-state index contributed by atoms with van der Waals surface area (Å²) in [6.07, 6.45) is -11.5. The molecule has 0 spiro atoms. The van der Waals surface area contributed by atoms with Gasteiger partial charge in [0.05, 0.1) is 6.10 Å². The Morgan fingerprint density at radius 3 is 2.13 bits per heavy atom. The maximum atomic E-state index is 14.5. The van der Waals surface area contributed by atoms with Crippen LogP contribution in [0, 0.1) is 5.82 Å². The highest BCUT2D eigenvalue weighted by molar-refractivity contribution is 5.67. The van der Waals surface area contributed by atoms with Crippen molar-refractivity contribution in [3.8, 4) is 11.5 Å². The first-order valence-electron chi connectivity index (χ1n) is 11.3. The molecule has 2 atom stereocenters. The van der Waals surface area contributed by atoms with Gasteiger partial charge in [0, 0.05) is 24.2 Å². The van der Waals surface area contributed by atoms with Crippen LogP contribution in [0.2, 0.25) is 0 Å². The molecule has 3 aromatic rings. The van der Waals surface area contributed by atoms with Crippen molar-refractivity contribution in [1.29, 1.82) is 0 Å². The molecule has 0 aliphatic carbocycles. The number of hydrogen-bond acceptors (Lipinski definition) is 4. The first kappa shape index (κ1) is 27.5. The fourth-order valence-corrected chi connectivity index (χ4v) is 4.82. The van der Waals surface area contributed by atoms with E-state index in [1.807, 2.05) is 0 Å². The first-order valence-corrected chi connectivity index (χ1v) is 11.3. The lowest BCUT2D eigenvalue weighted by Gasteiger charge is -2.33. The first-order chi connectivity index (χ1) is 17.8. The van der Waals surface area contributed by atoms with Gasteiger partial charge in [-0.25, -0.2) is 8.78 Å². The number of β-amino-alcohol motifs (C(OH)–C–C–N with tert-alkyl or cyclic N) is 1. The van der Waals surface area contributed by atoms with E-state index in [4.69, 9.17) is 0 Å². The van der Waals surface area contributed by atoms with Gasteiger partial charge in [0.1, 0.15) is 24.0 Å². The van der Waals surface area contributed by atoms with Crippen LogP contribution >= 0.6 is 0 Å². The highest BCUT2D eigenvalue weighted by atomic mass is 19.4. The molecule has 0 aromatic heterocycles. The number of hydrogen-bond donors (Lipinski definition) is 1. The Morgan fingerprint density at radius 2 is 1.50 bits per heavy atom. The third-order valence-corrected chi connectivity index (χ3v) is 6.14. The number of nitrogens with zero attached hydrogens (tertiary/aromatic N) is 1. The van der Waals surface area contributed by atoms with Crippen LogP contribution in [-0.4, -0.2) is 43.7 Å². The van der Waals surface area contributed by atoms with Crippen LogP contribution in [0.3, 0.4) is 0 Å². The third-order valence-electron chi connectivity index (χ3n) is 6.14. The molecule has 12 heteroatoms. The Balaban J connectivity index is 1.86. The molecule has 3 aromatic carbocycles. The van der Waals surface area contributed by atoms with Crippen LogP contribution in [-0.2, 0) is 11.8 Å². The van der Waals surface area contributed by atoms with E-state index in [2.05, 4.69) is 9.47 Å². The van der Waals surface area contributed by atoms with Crippen molar-refractivity contribution in [2.24, 2.45) is 0 Å². The zero-order valence-corrected chi connectivity index (χ0v) is 19.5. The van der Waals surface area contributed by atoms with Crippen molar-refractivity contribution >= 4 is 5.69 Å². The number of alkyl halides is 7. The summed E-state index contributed by atoms with van der Waals surface area (Å²) in [4.78, 5) is 1.56. The van der Waals surface area contributed by atoms with E-state index in [0.29, 0.717) is 16.8 Å². The van der Waals surface area contributed by atoms with Crippen LogP contribution in [0.1, 0.15) is 16.7 Å². The van der Waals surface area contributed by atoms with Gasteiger partial charge in [0.2, 0.25) is 0 Å². The summed E-state index contributed by atoms with van der Waals surface area (Å²) in [6.45, 7) is -1.35. The number of benzene rings is 3. The third kappa shape index (κ3) is 6.29. The number of rotatable bonds is 8. The Bertz CT molecular complexity index is 1280. The molecule has 4 nitrogen and oxygen atoms in total. The number of anilines is 1. The molecule has 0 saturated heterocycles. The van der Waals surface area contributed by atoms with Crippen molar-refractivity contribution in [3.05, 3.63) is 89.2 Å². The fourth-order valence-electron chi connectivity index (χ4n) is 4.82. The van der Waals surface area contributed by atoms with Crippen molar-refractivity contribution in [2.45, 2.75) is 30.7 Å². The van der Waals surface area contributed by atoms with E-state index in [0.717, 1.165) is 30.3 Å². The molecule has 4 rings (SSSR count). The monoisotopic (exact) mass is 547 g/mol. The average Bonchev–Trinajstić information content (AvgIpc) is 3.10. The molecular formula is C26H21F8NO3. The standard InChI is InChI=1S/C26H21F8NO3/c27-13-19(36)14-35-15-24(22-11-18(28)7-8-23(22)35,17-4-2-6-21(10-17)38-26(32,33)34)12-16-3-1-5-20(9-16)37-25(29,30)31/h1-11,19,36H,12-15H2/t19-,24?/m0/s1. The minimum absolute atomic E-state index is 0.0529. The highest BCUT2D eigenvalue weighted by Gasteiger charge is 2.45. The Kier molecular flexibility index (Phi) is 7.46. The topological polar surface area (TPSA) is 41.9 Å². The minimum Gasteiger partial charge on any atom is -0.406 e. The molecule has 0 amide bonds. The van der Waals surface area contributed by atoms with Crippen LogP contribution < -0.4 is 14.4 Å². The molecular weight excluding hydrogens is 526 g/mol. The lowest BCUT2D eigenvalue weighted by molar-refractivity contribution is -0.275. The second kappa shape index (κ2) is 10.3. The predicted molar refractivity (Wildman–Crippen MR) is 121 cm³/mol. The smallest absolute Gasteiger partial charge is 0.406 e. The molecule has 1 unspecified atom stereocenters. The van der Waals surface area contributed by atoms with E-state index < -0.39 is 48.2 Å². The highest BCUT2D eigenvalue weighted by Crippen LogP contribution is 2.48. The van der Waals surface area contributed by atoms with Crippen molar-refractivity contribution in [1.82, 2.24) is 0 Å². The normalized spacial score (nSPS) is 18.3. The zero-order valence-electron chi connectivity index (χ0n) is 19.5. The molecule has 38 heavy (non-hydrogen) atoms. The Labute approximate surface area is 212 Å². The van der Waals surface area contributed by atoms with Gasteiger partial charge in [-0.15, -0.1) is 26.3 Å². The lowest BCUT2D eigenvalue weighted by atomic mass is 9.71. The molecule has 1 aliphatic heterocycles. The molecule has 1 heterocycles. The molecule has 1 aliphatic rings. The van der Waals surface area contributed by atoms with Gasteiger partial charge >= 0.3 is 12.7 Å². The van der Waals surface area contributed by atoms with Crippen molar-refractivity contribution in [3.63, 3.8) is 0 Å². The van der Waals surface area contributed by atoms with Crippen molar-refractivity contribution in [2.75, 3.05) is 24.7 Å². The largest absolute Gasteiger partial charge is 0.573 e. The average molecular weight is 547 g/mol. The summed E-state index contributed by atoms with van der Waals surface area (Å²) in [5.74, 6) is -1.73. The van der Waals surface area contributed by atoms with Gasteiger partial charge in [0.25, 0.3) is 0 Å². The number of halogens is 8. The van der Waals surface area contributed by atoms with Gasteiger partial charge in [-0.1, -0.05) is 24.3 Å².